The number of aromatic amines is 1. The summed E-state index contributed by atoms with van der Waals surface area (Å²) >= 11 is 0. The monoisotopic (exact) mass is 244 g/mol. The standard InChI is InChI=1S/C10H13FN2O4/c1-5-2-8(17-7(5)4-14)13-3-6(11)9(15)12-10(13)16/h3,5,7-8,14H,2,4H2,1H3,(H,12,15,16). The Morgan fingerprint density at radius 3 is 2.94 bits per heavy atom. The zero-order valence-electron chi connectivity index (χ0n) is 9.22. The molecule has 2 N–H and O–H groups in total. The van der Waals surface area contributed by atoms with Crippen molar-refractivity contribution >= 4 is 0 Å². The van der Waals surface area contributed by atoms with Gasteiger partial charge in [0, 0.05) is 0 Å². The maximum absolute atomic E-state index is 13.1. The van der Waals surface area contributed by atoms with Crippen molar-refractivity contribution < 1.29 is 14.2 Å². The van der Waals surface area contributed by atoms with E-state index in [4.69, 9.17) is 9.84 Å². The van der Waals surface area contributed by atoms with Crippen LogP contribution < -0.4 is 11.2 Å². The second kappa shape index (κ2) is 4.42. The highest BCUT2D eigenvalue weighted by Gasteiger charge is 2.33. The van der Waals surface area contributed by atoms with Crippen LogP contribution in [0.4, 0.5) is 4.39 Å². The summed E-state index contributed by atoms with van der Waals surface area (Å²) in [6, 6.07) is 0. The van der Waals surface area contributed by atoms with Crippen LogP contribution in [0.15, 0.2) is 15.8 Å². The van der Waals surface area contributed by atoms with Crippen molar-refractivity contribution in [2.45, 2.75) is 25.7 Å². The van der Waals surface area contributed by atoms with Crippen molar-refractivity contribution in [2.75, 3.05) is 6.61 Å². The van der Waals surface area contributed by atoms with E-state index in [-0.39, 0.29) is 18.6 Å². The molecule has 1 fully saturated rings. The number of hydrogen-bond acceptors (Lipinski definition) is 4. The van der Waals surface area contributed by atoms with Crippen LogP contribution in [0.3, 0.4) is 0 Å². The minimum atomic E-state index is -1.05. The van der Waals surface area contributed by atoms with Gasteiger partial charge in [-0.15, -0.1) is 0 Å². The molecule has 17 heavy (non-hydrogen) atoms. The number of aliphatic hydroxyl groups excluding tert-OH is 1. The largest absolute Gasteiger partial charge is 0.394 e. The number of H-pyrrole nitrogens is 1. The Labute approximate surface area is 95.7 Å². The Bertz CT molecular complexity index is 524. The second-order valence-corrected chi connectivity index (χ2v) is 4.17. The molecule has 2 rings (SSSR count). The van der Waals surface area contributed by atoms with E-state index in [9.17, 15) is 14.0 Å². The Morgan fingerprint density at radius 2 is 2.35 bits per heavy atom. The molecule has 0 bridgehead atoms. The summed E-state index contributed by atoms with van der Waals surface area (Å²) in [4.78, 5) is 24.2. The van der Waals surface area contributed by atoms with Crippen molar-refractivity contribution in [3.8, 4) is 0 Å². The summed E-state index contributed by atoms with van der Waals surface area (Å²) in [5.74, 6) is -0.972. The van der Waals surface area contributed by atoms with Crippen LogP contribution in [-0.4, -0.2) is 27.4 Å². The number of rotatable bonds is 2. The van der Waals surface area contributed by atoms with E-state index < -0.39 is 23.3 Å². The van der Waals surface area contributed by atoms with Crippen molar-refractivity contribution in [1.82, 2.24) is 9.55 Å². The third-order valence-electron chi connectivity index (χ3n) is 2.95. The van der Waals surface area contributed by atoms with E-state index in [0.29, 0.717) is 6.42 Å². The second-order valence-electron chi connectivity index (χ2n) is 4.17. The molecule has 1 saturated heterocycles. The first-order valence-corrected chi connectivity index (χ1v) is 5.30. The SMILES string of the molecule is CC1CC(n2cc(F)c(=O)[nH]c2=O)OC1CO. The summed E-state index contributed by atoms with van der Waals surface area (Å²) in [6.07, 6.45) is 0.289. The van der Waals surface area contributed by atoms with E-state index >= 15 is 0 Å². The third-order valence-corrected chi connectivity index (χ3v) is 2.95. The molecule has 0 aromatic carbocycles. The van der Waals surface area contributed by atoms with E-state index in [1.54, 1.807) is 0 Å². The molecule has 0 amide bonds. The van der Waals surface area contributed by atoms with Crippen LogP contribution in [0, 0.1) is 11.7 Å². The molecule has 1 aliphatic heterocycles. The lowest BCUT2D eigenvalue weighted by atomic mass is 10.0. The molecule has 0 aliphatic carbocycles. The first-order chi connectivity index (χ1) is 8.02. The van der Waals surface area contributed by atoms with Crippen molar-refractivity contribution in [2.24, 2.45) is 5.92 Å². The molecule has 0 spiro atoms. The first kappa shape index (κ1) is 12.0. The van der Waals surface area contributed by atoms with Gasteiger partial charge in [0.2, 0.25) is 5.82 Å². The van der Waals surface area contributed by atoms with Gasteiger partial charge < -0.3 is 9.84 Å². The van der Waals surface area contributed by atoms with Gasteiger partial charge in [-0.25, -0.2) is 4.79 Å². The molecule has 94 valence electrons. The fourth-order valence-electron chi connectivity index (χ4n) is 1.94. The Hall–Kier alpha value is -1.47. The van der Waals surface area contributed by atoms with Gasteiger partial charge in [-0.2, -0.15) is 4.39 Å². The predicted octanol–water partition coefficient (Wildman–Crippen LogP) is -0.408. The summed E-state index contributed by atoms with van der Waals surface area (Å²) in [7, 11) is 0. The third kappa shape index (κ3) is 2.16. The van der Waals surface area contributed by atoms with Gasteiger partial charge >= 0.3 is 5.69 Å². The normalized spacial score (nSPS) is 28.5. The van der Waals surface area contributed by atoms with E-state index in [1.165, 1.54) is 0 Å². The quantitative estimate of drug-likeness (QED) is 0.740. The van der Waals surface area contributed by atoms with Gasteiger partial charge in [0.05, 0.1) is 18.9 Å². The molecular weight excluding hydrogens is 231 g/mol. The van der Waals surface area contributed by atoms with Crippen molar-refractivity contribution in [3.63, 3.8) is 0 Å². The number of nitrogens with zero attached hydrogens (tertiary/aromatic N) is 1. The summed E-state index contributed by atoms with van der Waals surface area (Å²) < 4.78 is 19.5. The van der Waals surface area contributed by atoms with Gasteiger partial charge in [-0.05, 0) is 12.3 Å². The lowest BCUT2D eigenvalue weighted by molar-refractivity contribution is -0.0317. The average Bonchev–Trinajstić information content (AvgIpc) is 2.65. The zero-order valence-corrected chi connectivity index (χ0v) is 9.22. The summed E-state index contributed by atoms with van der Waals surface area (Å²) in [6.45, 7) is 1.71. The highest BCUT2D eigenvalue weighted by Crippen LogP contribution is 2.31. The molecule has 7 heteroatoms. The van der Waals surface area contributed by atoms with Crippen molar-refractivity contribution in [1.29, 1.82) is 0 Å². The molecule has 1 aromatic heterocycles. The van der Waals surface area contributed by atoms with Crippen LogP contribution in [0.5, 0.6) is 0 Å². The number of aliphatic hydroxyl groups is 1. The highest BCUT2D eigenvalue weighted by molar-refractivity contribution is 4.90. The number of halogens is 1. The number of ether oxygens (including phenoxy) is 1. The molecule has 1 aromatic rings. The Kier molecular flexibility index (Phi) is 3.12. The minimum Gasteiger partial charge on any atom is -0.394 e. The lowest BCUT2D eigenvalue weighted by Crippen LogP contribution is -2.34. The lowest BCUT2D eigenvalue weighted by Gasteiger charge is -2.14. The molecule has 0 saturated carbocycles. The molecule has 1 aliphatic rings. The Morgan fingerprint density at radius 1 is 1.65 bits per heavy atom. The van der Waals surface area contributed by atoms with E-state index in [1.807, 2.05) is 11.9 Å². The Balaban J connectivity index is 2.34. The van der Waals surface area contributed by atoms with E-state index in [0.717, 1.165) is 10.8 Å². The maximum Gasteiger partial charge on any atom is 0.330 e. The van der Waals surface area contributed by atoms with Crippen LogP contribution in [-0.2, 0) is 4.74 Å². The first-order valence-electron chi connectivity index (χ1n) is 5.30. The van der Waals surface area contributed by atoms with Gasteiger partial charge in [-0.3, -0.25) is 14.3 Å². The van der Waals surface area contributed by atoms with Gasteiger partial charge in [-0.1, -0.05) is 6.92 Å². The molecule has 6 nitrogen and oxygen atoms in total. The van der Waals surface area contributed by atoms with Gasteiger partial charge in [0.1, 0.15) is 6.23 Å². The molecular formula is C10H13FN2O4. The van der Waals surface area contributed by atoms with E-state index in [2.05, 4.69) is 0 Å². The number of hydrogen-bond donors (Lipinski definition) is 2. The number of aromatic nitrogens is 2. The highest BCUT2D eigenvalue weighted by atomic mass is 19.1. The van der Waals surface area contributed by atoms with Gasteiger partial charge in [0.15, 0.2) is 0 Å². The van der Waals surface area contributed by atoms with Crippen LogP contribution in [0.25, 0.3) is 0 Å². The topological polar surface area (TPSA) is 84.3 Å². The van der Waals surface area contributed by atoms with Crippen LogP contribution in [0.2, 0.25) is 0 Å². The van der Waals surface area contributed by atoms with Gasteiger partial charge in [0.25, 0.3) is 5.56 Å². The van der Waals surface area contributed by atoms with Crippen molar-refractivity contribution in [3.05, 3.63) is 32.9 Å². The molecule has 3 unspecified atom stereocenters. The molecule has 3 atom stereocenters. The average molecular weight is 244 g/mol. The molecule has 0 radical (unpaired) electrons. The molecule has 2 heterocycles. The fraction of sp³-hybridized carbons (Fsp3) is 0.600. The van der Waals surface area contributed by atoms with Crippen LogP contribution in [0.1, 0.15) is 19.6 Å². The fourth-order valence-corrected chi connectivity index (χ4v) is 1.94. The number of nitrogens with one attached hydrogen (secondary N) is 1. The smallest absolute Gasteiger partial charge is 0.330 e. The predicted molar refractivity (Wildman–Crippen MR) is 56.1 cm³/mol. The van der Waals surface area contributed by atoms with Crippen LogP contribution >= 0.6 is 0 Å². The zero-order chi connectivity index (χ0) is 12.6. The maximum atomic E-state index is 13.1. The summed E-state index contributed by atoms with van der Waals surface area (Å²) in [5, 5.41) is 9.02. The summed E-state index contributed by atoms with van der Waals surface area (Å²) in [5.41, 5.74) is -1.76. The minimum absolute atomic E-state index is 0.0619.